The first-order valence-electron chi connectivity index (χ1n) is 9.41. The second-order valence-corrected chi connectivity index (χ2v) is 8.44. The Bertz CT molecular complexity index is 728. The predicted octanol–water partition coefficient (Wildman–Crippen LogP) is 4.74. The lowest BCUT2D eigenvalue weighted by Gasteiger charge is -2.17. The largest absolute Gasteiger partial charge is 0.297 e. The number of terminal acetylenes is 1. The minimum atomic E-state index is 0.535. The fourth-order valence-corrected chi connectivity index (χ4v) is 4.12. The first-order chi connectivity index (χ1) is 12.6. The standard InChI is InChI=1S/C23H28N2S/c1-4-19-9-11-23(12-10-19)26-24-22-13-14-25(17-22)16-21-7-5-20(6-8-21)15-18(2)3/h1,5-12,18,22,24H,13-17H2,2-3H3/t22-/m1/s1. The molecule has 0 saturated carbocycles. The summed E-state index contributed by atoms with van der Waals surface area (Å²) in [5.74, 6) is 3.37. The van der Waals surface area contributed by atoms with Gasteiger partial charge < -0.3 is 0 Å². The summed E-state index contributed by atoms with van der Waals surface area (Å²) in [4.78, 5) is 3.75. The monoisotopic (exact) mass is 364 g/mol. The van der Waals surface area contributed by atoms with E-state index < -0.39 is 0 Å². The van der Waals surface area contributed by atoms with Crippen molar-refractivity contribution >= 4 is 11.9 Å². The fourth-order valence-electron chi connectivity index (χ4n) is 3.35. The van der Waals surface area contributed by atoms with Gasteiger partial charge in [-0.1, -0.05) is 44.0 Å². The minimum absolute atomic E-state index is 0.535. The molecule has 3 rings (SSSR count). The molecule has 2 aromatic carbocycles. The lowest BCUT2D eigenvalue weighted by Crippen LogP contribution is -2.28. The molecule has 0 radical (unpaired) electrons. The van der Waals surface area contributed by atoms with Crippen molar-refractivity contribution in [2.75, 3.05) is 13.1 Å². The first kappa shape index (κ1) is 19.0. The number of nitrogens with one attached hydrogen (secondary N) is 1. The van der Waals surface area contributed by atoms with Crippen LogP contribution in [0.2, 0.25) is 0 Å². The average Bonchev–Trinajstić information content (AvgIpc) is 3.09. The molecule has 1 aliphatic heterocycles. The molecule has 1 fully saturated rings. The van der Waals surface area contributed by atoms with Crippen molar-refractivity contribution in [3.63, 3.8) is 0 Å². The van der Waals surface area contributed by atoms with Crippen LogP contribution < -0.4 is 4.72 Å². The number of nitrogens with zero attached hydrogens (tertiary/aromatic N) is 1. The van der Waals surface area contributed by atoms with Crippen LogP contribution in [0.3, 0.4) is 0 Å². The molecule has 2 aromatic rings. The lowest BCUT2D eigenvalue weighted by molar-refractivity contribution is 0.325. The minimum Gasteiger partial charge on any atom is -0.297 e. The van der Waals surface area contributed by atoms with Crippen LogP contribution in [0.1, 0.15) is 37.0 Å². The maximum absolute atomic E-state index is 5.40. The van der Waals surface area contributed by atoms with E-state index in [-0.39, 0.29) is 0 Å². The molecule has 0 bridgehead atoms. The zero-order valence-electron chi connectivity index (χ0n) is 15.7. The molecule has 2 nitrogen and oxygen atoms in total. The maximum atomic E-state index is 5.40. The molecule has 1 aliphatic rings. The molecular weight excluding hydrogens is 336 g/mol. The van der Waals surface area contributed by atoms with E-state index in [0.717, 1.165) is 31.6 Å². The topological polar surface area (TPSA) is 15.3 Å². The Morgan fingerprint density at radius 3 is 2.46 bits per heavy atom. The van der Waals surface area contributed by atoms with Gasteiger partial charge in [0.1, 0.15) is 0 Å². The summed E-state index contributed by atoms with van der Waals surface area (Å²) in [6, 6.07) is 17.8. The van der Waals surface area contributed by atoms with Gasteiger partial charge in [-0.25, -0.2) is 0 Å². The number of likely N-dealkylation sites (tertiary alicyclic amines) is 1. The van der Waals surface area contributed by atoms with Crippen LogP contribution in [0.4, 0.5) is 0 Å². The number of rotatable bonds is 7. The highest BCUT2D eigenvalue weighted by molar-refractivity contribution is 7.97. The van der Waals surface area contributed by atoms with Crippen molar-refractivity contribution in [3.8, 4) is 12.3 Å². The van der Waals surface area contributed by atoms with Gasteiger partial charge in [0, 0.05) is 36.1 Å². The lowest BCUT2D eigenvalue weighted by atomic mass is 10.0. The van der Waals surface area contributed by atoms with Crippen molar-refractivity contribution in [2.24, 2.45) is 5.92 Å². The van der Waals surface area contributed by atoms with E-state index in [1.54, 1.807) is 11.9 Å². The molecule has 136 valence electrons. The molecule has 0 spiro atoms. The molecule has 1 saturated heterocycles. The highest BCUT2D eigenvalue weighted by Gasteiger charge is 2.22. The Kier molecular flexibility index (Phi) is 6.80. The van der Waals surface area contributed by atoms with Crippen molar-refractivity contribution in [3.05, 3.63) is 65.2 Å². The van der Waals surface area contributed by atoms with Crippen LogP contribution in [-0.4, -0.2) is 24.0 Å². The van der Waals surface area contributed by atoms with Gasteiger partial charge in [0.25, 0.3) is 0 Å². The highest BCUT2D eigenvalue weighted by atomic mass is 32.2. The van der Waals surface area contributed by atoms with Gasteiger partial charge in [0.05, 0.1) is 0 Å². The number of hydrogen-bond acceptors (Lipinski definition) is 3. The summed E-state index contributed by atoms with van der Waals surface area (Å²) < 4.78 is 3.61. The molecule has 1 N–H and O–H groups in total. The molecule has 1 atom stereocenters. The summed E-state index contributed by atoms with van der Waals surface area (Å²) in [5, 5.41) is 0. The maximum Gasteiger partial charge on any atom is 0.0314 e. The Labute approximate surface area is 162 Å². The van der Waals surface area contributed by atoms with Gasteiger partial charge in [-0.2, -0.15) is 0 Å². The van der Waals surface area contributed by atoms with Crippen LogP contribution in [0.5, 0.6) is 0 Å². The van der Waals surface area contributed by atoms with E-state index in [4.69, 9.17) is 6.42 Å². The predicted molar refractivity (Wildman–Crippen MR) is 112 cm³/mol. The van der Waals surface area contributed by atoms with Crippen LogP contribution in [0, 0.1) is 18.3 Å². The Hall–Kier alpha value is -1.73. The third-order valence-electron chi connectivity index (χ3n) is 4.71. The van der Waals surface area contributed by atoms with Crippen molar-refractivity contribution < 1.29 is 0 Å². The van der Waals surface area contributed by atoms with Crippen LogP contribution >= 0.6 is 11.9 Å². The van der Waals surface area contributed by atoms with E-state index >= 15 is 0 Å². The van der Waals surface area contributed by atoms with Crippen molar-refractivity contribution in [2.45, 2.75) is 44.2 Å². The molecule has 1 heterocycles. The van der Waals surface area contributed by atoms with E-state index in [1.807, 2.05) is 12.1 Å². The quantitative estimate of drug-likeness (QED) is 0.564. The number of benzene rings is 2. The molecule has 0 aliphatic carbocycles. The van der Waals surface area contributed by atoms with Crippen LogP contribution in [-0.2, 0) is 13.0 Å². The second-order valence-electron chi connectivity index (χ2n) is 7.52. The van der Waals surface area contributed by atoms with Gasteiger partial charge in [0.2, 0.25) is 0 Å². The van der Waals surface area contributed by atoms with Gasteiger partial charge in [-0.15, -0.1) is 6.42 Å². The van der Waals surface area contributed by atoms with E-state index in [2.05, 4.69) is 65.8 Å². The molecule has 3 heteroatoms. The second kappa shape index (κ2) is 9.28. The molecular formula is C23H28N2S. The molecule has 0 amide bonds. The summed E-state index contributed by atoms with van der Waals surface area (Å²) in [6.45, 7) is 7.84. The fraction of sp³-hybridized carbons (Fsp3) is 0.391. The van der Waals surface area contributed by atoms with E-state index in [9.17, 15) is 0 Å². The number of hydrogen-bond donors (Lipinski definition) is 1. The molecule has 0 unspecified atom stereocenters. The summed E-state index contributed by atoms with van der Waals surface area (Å²) in [6.07, 6.45) is 7.76. The van der Waals surface area contributed by atoms with E-state index in [0.29, 0.717) is 12.0 Å². The first-order valence-corrected chi connectivity index (χ1v) is 10.2. The Morgan fingerprint density at radius 1 is 1.12 bits per heavy atom. The molecule has 0 aromatic heterocycles. The van der Waals surface area contributed by atoms with E-state index in [1.165, 1.54) is 22.4 Å². The van der Waals surface area contributed by atoms with Gasteiger partial charge >= 0.3 is 0 Å². The van der Waals surface area contributed by atoms with Crippen LogP contribution in [0.25, 0.3) is 0 Å². The smallest absolute Gasteiger partial charge is 0.0314 e. The van der Waals surface area contributed by atoms with Crippen LogP contribution in [0.15, 0.2) is 53.4 Å². The summed E-state index contributed by atoms with van der Waals surface area (Å²) in [5.41, 5.74) is 3.79. The van der Waals surface area contributed by atoms with Crippen molar-refractivity contribution in [1.29, 1.82) is 0 Å². The Balaban J connectivity index is 1.44. The normalized spacial score (nSPS) is 17.5. The molecule has 26 heavy (non-hydrogen) atoms. The zero-order chi connectivity index (χ0) is 18.4. The SMILES string of the molecule is C#Cc1ccc(SN[C@@H]2CCN(Cc3ccc(CC(C)C)cc3)C2)cc1. The highest BCUT2D eigenvalue weighted by Crippen LogP contribution is 2.20. The van der Waals surface area contributed by atoms with Gasteiger partial charge in [0.15, 0.2) is 0 Å². The van der Waals surface area contributed by atoms with Crippen molar-refractivity contribution in [1.82, 2.24) is 9.62 Å². The summed E-state index contributed by atoms with van der Waals surface area (Å²) >= 11 is 1.71. The Morgan fingerprint density at radius 2 is 1.81 bits per heavy atom. The van der Waals surface area contributed by atoms with Gasteiger partial charge in [-0.3, -0.25) is 9.62 Å². The van der Waals surface area contributed by atoms with Gasteiger partial charge in [-0.05, 0) is 66.1 Å². The summed E-state index contributed by atoms with van der Waals surface area (Å²) in [7, 11) is 0. The third kappa shape index (κ3) is 5.64. The zero-order valence-corrected chi connectivity index (χ0v) is 16.6. The third-order valence-corrected chi connectivity index (χ3v) is 5.67. The average molecular weight is 365 g/mol.